The van der Waals surface area contributed by atoms with Gasteiger partial charge in [0.15, 0.2) is 10.9 Å². The number of para-hydroxylation sites is 1. The van der Waals surface area contributed by atoms with Crippen molar-refractivity contribution in [3.05, 3.63) is 65.4 Å². The van der Waals surface area contributed by atoms with Gasteiger partial charge in [-0.1, -0.05) is 29.5 Å². The van der Waals surface area contributed by atoms with Gasteiger partial charge in [-0.05, 0) is 45.0 Å². The number of thiazole rings is 1. The Kier molecular flexibility index (Phi) is 7.17. The van der Waals surface area contributed by atoms with Crippen LogP contribution in [0.3, 0.4) is 0 Å². The van der Waals surface area contributed by atoms with Crippen molar-refractivity contribution in [1.82, 2.24) is 34.7 Å². The van der Waals surface area contributed by atoms with Gasteiger partial charge in [-0.3, -0.25) is 9.88 Å². The van der Waals surface area contributed by atoms with Crippen molar-refractivity contribution in [2.24, 2.45) is 0 Å². The number of piperazine rings is 1. The highest BCUT2D eigenvalue weighted by Gasteiger charge is 2.15. The number of rotatable bonds is 7. The fourth-order valence-corrected chi connectivity index (χ4v) is 4.84. The monoisotopic (exact) mass is 502 g/mol. The van der Waals surface area contributed by atoms with Crippen LogP contribution in [-0.4, -0.2) is 67.9 Å². The molecule has 1 N–H and O–H groups in total. The molecule has 0 bridgehead atoms. The first-order valence-corrected chi connectivity index (χ1v) is 12.8. The molecule has 4 heterocycles. The number of aromatic nitrogens is 5. The first kappa shape index (κ1) is 24.2. The van der Waals surface area contributed by atoms with E-state index in [4.69, 9.17) is 4.74 Å². The third-order valence-electron chi connectivity index (χ3n) is 6.12. The molecule has 186 valence electrons. The molecule has 1 aliphatic rings. The van der Waals surface area contributed by atoms with Crippen LogP contribution in [0.15, 0.2) is 42.9 Å². The molecule has 5 rings (SSSR count). The molecule has 1 fully saturated rings. The second-order valence-electron chi connectivity index (χ2n) is 9.13. The second-order valence-corrected chi connectivity index (χ2v) is 10.2. The van der Waals surface area contributed by atoms with Crippen LogP contribution in [0.2, 0.25) is 0 Å². The van der Waals surface area contributed by atoms with Crippen molar-refractivity contribution in [3.8, 4) is 22.3 Å². The van der Waals surface area contributed by atoms with E-state index in [1.54, 1.807) is 12.4 Å². The maximum Gasteiger partial charge on any atom is 0.322 e. The lowest BCUT2D eigenvalue weighted by atomic mass is 10.1. The summed E-state index contributed by atoms with van der Waals surface area (Å²) in [6.07, 6.45) is 5.39. The Morgan fingerprint density at radius 3 is 2.44 bits per heavy atom. The number of anilines is 2. The average Bonchev–Trinajstić information content (AvgIpc) is 3.32. The summed E-state index contributed by atoms with van der Waals surface area (Å²) in [6.45, 7) is 11.1. The Labute approximate surface area is 215 Å². The van der Waals surface area contributed by atoms with E-state index in [9.17, 15) is 0 Å². The van der Waals surface area contributed by atoms with Crippen LogP contribution in [0.25, 0.3) is 10.6 Å². The molecular formula is C26H30N8OS. The zero-order chi connectivity index (χ0) is 25.1. The first-order chi connectivity index (χ1) is 17.4. The molecule has 1 aromatic carbocycles. The summed E-state index contributed by atoms with van der Waals surface area (Å²) in [6, 6.07) is 8.30. The average molecular weight is 503 g/mol. The van der Waals surface area contributed by atoms with Gasteiger partial charge in [-0.25, -0.2) is 15.0 Å². The summed E-state index contributed by atoms with van der Waals surface area (Å²) < 4.78 is 6.08. The lowest BCUT2D eigenvalue weighted by molar-refractivity contribution is 0.147. The fraction of sp³-hybridized carbons (Fsp3) is 0.346. The summed E-state index contributed by atoms with van der Waals surface area (Å²) in [4.78, 5) is 28.4. The van der Waals surface area contributed by atoms with Gasteiger partial charge in [-0.2, -0.15) is 4.98 Å². The van der Waals surface area contributed by atoms with Crippen LogP contribution < -0.4 is 10.1 Å². The topological polar surface area (TPSA) is 92.2 Å². The van der Waals surface area contributed by atoms with E-state index in [1.807, 2.05) is 51.2 Å². The molecule has 0 unspecified atom stereocenters. The number of hydrogen-bond acceptors (Lipinski definition) is 10. The first-order valence-electron chi connectivity index (χ1n) is 12.0. The summed E-state index contributed by atoms with van der Waals surface area (Å²) in [5.74, 6) is 1.45. The predicted octanol–water partition coefficient (Wildman–Crippen LogP) is 4.60. The maximum absolute atomic E-state index is 6.08. The summed E-state index contributed by atoms with van der Waals surface area (Å²) in [5.41, 5.74) is 4.65. The van der Waals surface area contributed by atoms with Crippen molar-refractivity contribution in [2.45, 2.75) is 27.3 Å². The van der Waals surface area contributed by atoms with E-state index in [-0.39, 0.29) is 0 Å². The SMILES string of the molecule is Cc1cc(-c2cnc(Nc3cnc(CN4CCN(C)CC4)cn3)s2)nc(Oc2c(C)cccc2C)n1. The zero-order valence-electron chi connectivity index (χ0n) is 21.0. The molecular weight excluding hydrogens is 472 g/mol. The van der Waals surface area contributed by atoms with Gasteiger partial charge in [0.2, 0.25) is 0 Å². The van der Waals surface area contributed by atoms with Gasteiger partial charge < -0.3 is 15.0 Å². The molecule has 9 nitrogen and oxygen atoms in total. The summed E-state index contributed by atoms with van der Waals surface area (Å²) in [7, 11) is 2.16. The van der Waals surface area contributed by atoms with Gasteiger partial charge in [0, 0.05) is 44.6 Å². The minimum atomic E-state index is 0.326. The molecule has 0 amide bonds. The van der Waals surface area contributed by atoms with Crippen molar-refractivity contribution >= 4 is 22.3 Å². The van der Waals surface area contributed by atoms with Gasteiger partial charge in [0.1, 0.15) is 5.75 Å². The maximum atomic E-state index is 6.08. The minimum absolute atomic E-state index is 0.326. The Morgan fingerprint density at radius 1 is 0.944 bits per heavy atom. The Morgan fingerprint density at radius 2 is 1.72 bits per heavy atom. The molecule has 0 saturated carbocycles. The Balaban J connectivity index is 1.26. The highest BCUT2D eigenvalue weighted by molar-refractivity contribution is 7.18. The Bertz CT molecular complexity index is 1310. The van der Waals surface area contributed by atoms with Gasteiger partial charge in [0.05, 0.1) is 28.7 Å². The minimum Gasteiger partial charge on any atom is -0.424 e. The molecule has 10 heteroatoms. The molecule has 0 aliphatic carbocycles. The predicted molar refractivity (Wildman–Crippen MR) is 142 cm³/mol. The Hall–Kier alpha value is -3.47. The van der Waals surface area contributed by atoms with Crippen LogP contribution in [0, 0.1) is 20.8 Å². The molecule has 1 saturated heterocycles. The van der Waals surface area contributed by atoms with E-state index < -0.39 is 0 Å². The lowest BCUT2D eigenvalue weighted by Crippen LogP contribution is -2.44. The van der Waals surface area contributed by atoms with Gasteiger partial charge >= 0.3 is 6.01 Å². The van der Waals surface area contributed by atoms with Crippen LogP contribution >= 0.6 is 11.3 Å². The van der Waals surface area contributed by atoms with Crippen molar-refractivity contribution in [1.29, 1.82) is 0 Å². The molecule has 4 aromatic rings. The van der Waals surface area contributed by atoms with E-state index >= 15 is 0 Å². The normalized spacial score (nSPS) is 14.7. The number of nitrogens with one attached hydrogen (secondary N) is 1. The number of ether oxygens (including phenoxy) is 1. The van der Waals surface area contributed by atoms with Gasteiger partial charge in [0.25, 0.3) is 0 Å². The molecule has 1 aliphatic heterocycles. The van der Waals surface area contributed by atoms with E-state index in [0.717, 1.165) is 76.7 Å². The number of hydrogen-bond donors (Lipinski definition) is 1. The number of likely N-dealkylation sites (N-methyl/N-ethyl adjacent to an activating group) is 1. The number of aryl methyl sites for hydroxylation is 3. The quantitative estimate of drug-likeness (QED) is 0.389. The van der Waals surface area contributed by atoms with Crippen LogP contribution in [0.4, 0.5) is 10.9 Å². The second kappa shape index (κ2) is 10.7. The smallest absolute Gasteiger partial charge is 0.322 e. The summed E-state index contributed by atoms with van der Waals surface area (Å²) >= 11 is 1.49. The van der Waals surface area contributed by atoms with E-state index in [1.165, 1.54) is 11.3 Å². The fourth-order valence-electron chi connectivity index (χ4n) is 4.06. The van der Waals surface area contributed by atoms with Crippen LogP contribution in [-0.2, 0) is 6.54 Å². The third-order valence-corrected chi connectivity index (χ3v) is 7.05. The number of nitrogens with zero attached hydrogens (tertiary/aromatic N) is 7. The highest BCUT2D eigenvalue weighted by Crippen LogP contribution is 2.32. The van der Waals surface area contributed by atoms with Crippen molar-refractivity contribution in [3.63, 3.8) is 0 Å². The van der Waals surface area contributed by atoms with Crippen LogP contribution in [0.5, 0.6) is 11.8 Å². The van der Waals surface area contributed by atoms with E-state index in [2.05, 4.69) is 47.1 Å². The molecule has 0 atom stereocenters. The molecule has 36 heavy (non-hydrogen) atoms. The number of benzene rings is 1. The zero-order valence-corrected chi connectivity index (χ0v) is 21.8. The third kappa shape index (κ3) is 5.84. The lowest BCUT2D eigenvalue weighted by Gasteiger charge is -2.31. The van der Waals surface area contributed by atoms with E-state index in [0.29, 0.717) is 11.8 Å². The van der Waals surface area contributed by atoms with Crippen molar-refractivity contribution < 1.29 is 4.74 Å². The standard InChI is InChI=1S/C26H30N8OS/c1-17-6-5-7-18(2)24(17)35-25-30-19(3)12-21(31-25)22-14-29-26(36-22)32-23-15-27-20(13-28-23)16-34-10-8-33(4)9-11-34/h5-7,12-15H,8-11,16H2,1-4H3,(H,28,29,32). The van der Waals surface area contributed by atoms with Crippen LogP contribution in [0.1, 0.15) is 22.5 Å². The van der Waals surface area contributed by atoms with Crippen molar-refractivity contribution in [2.75, 3.05) is 38.5 Å². The highest BCUT2D eigenvalue weighted by atomic mass is 32.1. The summed E-state index contributed by atoms with van der Waals surface area (Å²) in [5, 5.41) is 3.98. The van der Waals surface area contributed by atoms with Gasteiger partial charge in [-0.15, -0.1) is 0 Å². The largest absolute Gasteiger partial charge is 0.424 e. The molecule has 0 radical (unpaired) electrons. The molecule has 0 spiro atoms. The molecule has 3 aromatic heterocycles.